The van der Waals surface area contributed by atoms with Crippen LogP contribution in [0, 0.1) is 11.6 Å². The van der Waals surface area contributed by atoms with E-state index in [-0.39, 0.29) is 5.69 Å². The van der Waals surface area contributed by atoms with Crippen LogP contribution >= 0.6 is 0 Å². The Balaban J connectivity index is 1.77. The lowest BCUT2D eigenvalue weighted by Gasteiger charge is -2.28. The first-order valence-corrected chi connectivity index (χ1v) is 11.1. The van der Waals surface area contributed by atoms with Gasteiger partial charge < -0.3 is 10.2 Å². The lowest BCUT2D eigenvalue weighted by atomic mass is 10.2. The van der Waals surface area contributed by atoms with Gasteiger partial charge in [-0.05, 0) is 56.2 Å². The van der Waals surface area contributed by atoms with Gasteiger partial charge in [0.05, 0.1) is 11.9 Å². The van der Waals surface area contributed by atoms with Crippen LogP contribution in [-0.2, 0) is 14.8 Å². The average Bonchev–Trinajstić information content (AvgIpc) is 3.19. The van der Waals surface area contributed by atoms with Crippen molar-refractivity contribution in [3.63, 3.8) is 0 Å². The van der Waals surface area contributed by atoms with Gasteiger partial charge in [-0.1, -0.05) is 0 Å². The zero-order valence-corrected chi connectivity index (χ0v) is 17.0. The van der Waals surface area contributed by atoms with Gasteiger partial charge in [-0.3, -0.25) is 9.10 Å². The Morgan fingerprint density at radius 3 is 2.24 bits per heavy atom. The minimum atomic E-state index is -3.93. The molecule has 6 nitrogen and oxygen atoms in total. The summed E-state index contributed by atoms with van der Waals surface area (Å²) in [5, 5.41) is 2.68. The molecular formula is C20H23F2N3O3S. The number of hydrogen-bond acceptors (Lipinski definition) is 4. The van der Waals surface area contributed by atoms with Crippen molar-refractivity contribution in [1.82, 2.24) is 0 Å². The predicted octanol–water partition coefficient (Wildman–Crippen LogP) is 3.36. The van der Waals surface area contributed by atoms with Gasteiger partial charge in [0.2, 0.25) is 15.9 Å². The van der Waals surface area contributed by atoms with Gasteiger partial charge in [0.25, 0.3) is 0 Å². The number of carbonyl (C=O) groups excluding carboxylic acids is 1. The summed E-state index contributed by atoms with van der Waals surface area (Å²) in [5.41, 5.74) is 1.45. The average molecular weight is 423 g/mol. The summed E-state index contributed by atoms with van der Waals surface area (Å²) in [6.45, 7) is 3.39. The SMILES string of the molecule is C[C@@H](C(=O)Nc1ccc(N2CCCC2)cc1)N(c1ccc(F)c(F)c1)S(C)(=O)=O. The van der Waals surface area contributed by atoms with Crippen molar-refractivity contribution in [2.75, 3.05) is 33.9 Å². The molecule has 1 saturated heterocycles. The molecule has 2 aromatic carbocycles. The summed E-state index contributed by atoms with van der Waals surface area (Å²) in [5.74, 6) is -2.88. The topological polar surface area (TPSA) is 69.7 Å². The standard InChI is InChI=1S/C20H23F2N3O3S/c1-14(25(29(2,27)28)17-9-10-18(21)19(22)13-17)20(26)23-15-5-7-16(8-6-15)24-11-3-4-12-24/h5-10,13-14H,3-4,11-12H2,1-2H3,(H,23,26)/t14-/m0/s1. The quantitative estimate of drug-likeness (QED) is 0.774. The van der Waals surface area contributed by atoms with Crippen LogP contribution in [0.1, 0.15) is 19.8 Å². The van der Waals surface area contributed by atoms with Crippen LogP contribution in [0.15, 0.2) is 42.5 Å². The smallest absolute Gasteiger partial charge is 0.247 e. The van der Waals surface area contributed by atoms with Crippen LogP contribution in [0.3, 0.4) is 0 Å². The second-order valence-corrected chi connectivity index (χ2v) is 8.92. The van der Waals surface area contributed by atoms with Gasteiger partial charge in [0.1, 0.15) is 6.04 Å². The van der Waals surface area contributed by atoms with E-state index in [9.17, 15) is 22.0 Å². The van der Waals surface area contributed by atoms with Crippen molar-refractivity contribution >= 4 is 33.0 Å². The Bertz CT molecular complexity index is 991. The number of nitrogens with one attached hydrogen (secondary N) is 1. The lowest BCUT2D eigenvalue weighted by molar-refractivity contribution is -0.116. The Morgan fingerprint density at radius 2 is 1.69 bits per heavy atom. The molecule has 1 heterocycles. The third-order valence-electron chi connectivity index (χ3n) is 4.85. The summed E-state index contributed by atoms with van der Waals surface area (Å²) in [7, 11) is -3.93. The maximum absolute atomic E-state index is 13.6. The lowest BCUT2D eigenvalue weighted by Crippen LogP contribution is -2.45. The van der Waals surface area contributed by atoms with Gasteiger partial charge in [-0.25, -0.2) is 17.2 Å². The Labute approximate surface area is 169 Å². The van der Waals surface area contributed by atoms with Crippen molar-refractivity contribution in [3.05, 3.63) is 54.1 Å². The monoisotopic (exact) mass is 423 g/mol. The molecule has 9 heteroatoms. The second kappa shape index (κ2) is 8.36. The van der Waals surface area contributed by atoms with Crippen LogP contribution in [-0.4, -0.2) is 39.7 Å². The Hall–Kier alpha value is -2.68. The minimum absolute atomic E-state index is 0.126. The van der Waals surface area contributed by atoms with Gasteiger partial charge in [-0.2, -0.15) is 0 Å². The molecule has 0 radical (unpaired) electrons. The van der Waals surface area contributed by atoms with E-state index in [1.54, 1.807) is 12.1 Å². The maximum Gasteiger partial charge on any atom is 0.247 e. The molecule has 3 rings (SSSR count). The molecule has 156 valence electrons. The van der Waals surface area contributed by atoms with Crippen molar-refractivity contribution < 1.29 is 22.0 Å². The van der Waals surface area contributed by atoms with Crippen molar-refractivity contribution in [2.45, 2.75) is 25.8 Å². The molecule has 0 bridgehead atoms. The highest BCUT2D eigenvalue weighted by Gasteiger charge is 2.30. The van der Waals surface area contributed by atoms with E-state index >= 15 is 0 Å². The number of nitrogens with zero attached hydrogens (tertiary/aromatic N) is 2. The van der Waals surface area contributed by atoms with Gasteiger partial charge >= 0.3 is 0 Å². The molecule has 29 heavy (non-hydrogen) atoms. The van der Waals surface area contributed by atoms with E-state index in [1.165, 1.54) is 6.92 Å². The van der Waals surface area contributed by atoms with E-state index in [2.05, 4.69) is 10.2 Å². The van der Waals surface area contributed by atoms with Gasteiger partial charge in [0, 0.05) is 30.5 Å². The first-order valence-electron chi connectivity index (χ1n) is 9.27. The number of amides is 1. The molecule has 0 unspecified atom stereocenters. The van der Waals surface area contributed by atoms with Gasteiger partial charge in [-0.15, -0.1) is 0 Å². The Morgan fingerprint density at radius 1 is 1.07 bits per heavy atom. The predicted molar refractivity (Wildman–Crippen MR) is 110 cm³/mol. The zero-order valence-electron chi connectivity index (χ0n) is 16.2. The minimum Gasteiger partial charge on any atom is -0.372 e. The van der Waals surface area contributed by atoms with E-state index < -0.39 is 33.6 Å². The van der Waals surface area contributed by atoms with Crippen molar-refractivity contribution in [1.29, 1.82) is 0 Å². The number of anilines is 3. The second-order valence-electron chi connectivity index (χ2n) is 7.06. The van der Waals surface area contributed by atoms with Crippen LogP contribution in [0.4, 0.5) is 25.8 Å². The molecule has 0 spiro atoms. The van der Waals surface area contributed by atoms with Crippen LogP contribution < -0.4 is 14.5 Å². The number of hydrogen-bond donors (Lipinski definition) is 1. The normalized spacial score (nSPS) is 15.2. The number of benzene rings is 2. The molecule has 0 saturated carbocycles. The van der Waals surface area contributed by atoms with Crippen molar-refractivity contribution in [3.8, 4) is 0 Å². The van der Waals surface area contributed by atoms with E-state index in [0.717, 1.165) is 60.4 Å². The Kier molecular flexibility index (Phi) is 6.07. The van der Waals surface area contributed by atoms with Crippen LogP contribution in [0.5, 0.6) is 0 Å². The van der Waals surface area contributed by atoms with Crippen LogP contribution in [0.2, 0.25) is 0 Å². The highest BCUT2D eigenvalue weighted by atomic mass is 32.2. The number of rotatable bonds is 6. The van der Waals surface area contributed by atoms with Gasteiger partial charge in [0.15, 0.2) is 11.6 Å². The number of carbonyl (C=O) groups is 1. The summed E-state index contributed by atoms with van der Waals surface area (Å²) >= 11 is 0. The largest absolute Gasteiger partial charge is 0.372 e. The molecule has 0 aliphatic carbocycles. The maximum atomic E-state index is 13.6. The fourth-order valence-corrected chi connectivity index (χ4v) is 4.58. The van der Waals surface area contributed by atoms with Crippen molar-refractivity contribution in [2.24, 2.45) is 0 Å². The third-order valence-corrected chi connectivity index (χ3v) is 6.09. The number of halogens is 2. The first kappa shape index (κ1) is 21.0. The molecule has 1 N–H and O–H groups in total. The van der Waals surface area contributed by atoms with E-state index in [0.29, 0.717) is 5.69 Å². The first-order chi connectivity index (χ1) is 13.7. The summed E-state index contributed by atoms with van der Waals surface area (Å²) < 4.78 is 52.1. The van der Waals surface area contributed by atoms with E-state index in [4.69, 9.17) is 0 Å². The number of sulfonamides is 1. The molecule has 1 amide bonds. The summed E-state index contributed by atoms with van der Waals surface area (Å²) in [4.78, 5) is 14.9. The molecule has 2 aromatic rings. The summed E-state index contributed by atoms with van der Waals surface area (Å²) in [6.07, 6.45) is 3.21. The fourth-order valence-electron chi connectivity index (χ4n) is 3.41. The highest BCUT2D eigenvalue weighted by Crippen LogP contribution is 2.25. The molecule has 1 atom stereocenters. The molecular weight excluding hydrogens is 400 g/mol. The summed E-state index contributed by atoms with van der Waals surface area (Å²) in [6, 6.07) is 8.82. The molecule has 1 aliphatic rings. The molecule has 1 fully saturated rings. The van der Waals surface area contributed by atoms with Crippen LogP contribution in [0.25, 0.3) is 0 Å². The third kappa shape index (κ3) is 4.84. The molecule has 1 aliphatic heterocycles. The van der Waals surface area contributed by atoms with E-state index in [1.807, 2.05) is 12.1 Å². The molecule has 0 aromatic heterocycles. The highest BCUT2D eigenvalue weighted by molar-refractivity contribution is 7.92. The zero-order chi connectivity index (χ0) is 21.2. The fraction of sp³-hybridized carbons (Fsp3) is 0.350.